The van der Waals surface area contributed by atoms with Crippen molar-refractivity contribution in [3.8, 4) is 0 Å². The molecule has 2 aliphatic rings. The fourth-order valence-electron chi connectivity index (χ4n) is 3.44. The Labute approximate surface area is 159 Å². The first-order chi connectivity index (χ1) is 12.8. The molecule has 2 fully saturated rings. The van der Waals surface area contributed by atoms with Crippen LogP contribution in [0.15, 0.2) is 41.8 Å². The van der Waals surface area contributed by atoms with Crippen LogP contribution in [0.3, 0.4) is 0 Å². The molecule has 7 nitrogen and oxygen atoms in total. The van der Waals surface area contributed by atoms with Gasteiger partial charge >= 0.3 is 5.97 Å². The first-order valence-corrected chi connectivity index (χ1v) is 10.5. The average Bonchev–Trinajstić information content (AvgIpc) is 3.51. The fraction of sp³-hybridized carbons (Fsp3) is 0.474. The van der Waals surface area contributed by atoms with E-state index in [1.54, 1.807) is 6.08 Å². The van der Waals surface area contributed by atoms with Crippen molar-refractivity contribution in [3.63, 3.8) is 0 Å². The van der Waals surface area contributed by atoms with Gasteiger partial charge in [-0.15, -0.1) is 6.58 Å². The van der Waals surface area contributed by atoms with E-state index in [4.69, 9.17) is 5.11 Å². The van der Waals surface area contributed by atoms with E-state index < -0.39 is 16.0 Å². The summed E-state index contributed by atoms with van der Waals surface area (Å²) in [6.07, 6.45) is 4.77. The number of hydrogen-bond donors (Lipinski definition) is 1. The van der Waals surface area contributed by atoms with Gasteiger partial charge in [0.15, 0.2) is 0 Å². The molecule has 146 valence electrons. The van der Waals surface area contributed by atoms with Crippen LogP contribution in [0.1, 0.15) is 36.0 Å². The maximum atomic E-state index is 12.8. The zero-order valence-electron chi connectivity index (χ0n) is 15.1. The van der Waals surface area contributed by atoms with Gasteiger partial charge in [0.05, 0.1) is 10.5 Å². The summed E-state index contributed by atoms with van der Waals surface area (Å²) in [7, 11) is -3.69. The summed E-state index contributed by atoms with van der Waals surface area (Å²) in [5, 5.41) is 8.93. The number of carboxylic acid groups (broad SMARTS) is 1. The summed E-state index contributed by atoms with van der Waals surface area (Å²) in [5.41, 5.74) is 0.0423. The van der Waals surface area contributed by atoms with Crippen LogP contribution in [0.2, 0.25) is 0 Å². The fourth-order valence-corrected chi connectivity index (χ4v) is 4.91. The van der Waals surface area contributed by atoms with Crippen molar-refractivity contribution in [3.05, 3.63) is 42.5 Å². The predicted molar refractivity (Wildman–Crippen MR) is 99.8 cm³/mol. The Morgan fingerprint density at radius 1 is 1.15 bits per heavy atom. The Kier molecular flexibility index (Phi) is 5.67. The van der Waals surface area contributed by atoms with Crippen molar-refractivity contribution in [2.24, 2.45) is 5.92 Å². The minimum absolute atomic E-state index is 0.0423. The molecule has 1 aliphatic carbocycles. The van der Waals surface area contributed by atoms with E-state index in [0.29, 0.717) is 25.4 Å². The number of nitrogens with zero attached hydrogens (tertiary/aromatic N) is 2. The molecule has 0 unspecified atom stereocenters. The van der Waals surface area contributed by atoms with Gasteiger partial charge in [0.2, 0.25) is 15.9 Å². The molecule has 0 aromatic heterocycles. The van der Waals surface area contributed by atoms with Gasteiger partial charge < -0.3 is 10.0 Å². The lowest BCUT2D eigenvalue weighted by molar-refractivity contribution is -0.136. The Hall–Kier alpha value is -2.19. The highest BCUT2D eigenvalue weighted by atomic mass is 32.2. The van der Waals surface area contributed by atoms with E-state index in [2.05, 4.69) is 6.58 Å². The third kappa shape index (κ3) is 4.22. The maximum absolute atomic E-state index is 12.8. The van der Waals surface area contributed by atoms with Gasteiger partial charge in [-0.3, -0.25) is 4.79 Å². The molecule has 0 atom stereocenters. The molecular weight excluding hydrogens is 368 g/mol. The van der Waals surface area contributed by atoms with Crippen molar-refractivity contribution in [1.82, 2.24) is 9.21 Å². The number of carboxylic acids is 1. The highest BCUT2D eigenvalue weighted by molar-refractivity contribution is 7.89. The van der Waals surface area contributed by atoms with E-state index in [-0.39, 0.29) is 35.4 Å². The number of rotatable bonds is 7. The largest absolute Gasteiger partial charge is 0.478 e. The molecular formula is C19H24N2O5S. The first kappa shape index (κ1) is 19.6. The third-order valence-electron chi connectivity index (χ3n) is 5.14. The molecule has 1 aromatic carbocycles. The highest BCUT2D eigenvalue weighted by Gasteiger charge is 2.38. The van der Waals surface area contributed by atoms with Crippen LogP contribution >= 0.6 is 0 Å². The van der Waals surface area contributed by atoms with E-state index in [0.717, 1.165) is 12.8 Å². The molecule has 27 heavy (non-hydrogen) atoms. The Morgan fingerprint density at radius 3 is 2.22 bits per heavy atom. The van der Waals surface area contributed by atoms with Crippen LogP contribution in [-0.2, 0) is 14.8 Å². The van der Waals surface area contributed by atoms with E-state index in [1.807, 2.05) is 4.90 Å². The van der Waals surface area contributed by atoms with Crippen LogP contribution < -0.4 is 0 Å². The number of amides is 1. The number of carbonyl (C=O) groups excluding carboxylic acids is 1. The zero-order valence-corrected chi connectivity index (χ0v) is 15.9. The van der Waals surface area contributed by atoms with Crippen LogP contribution in [-0.4, -0.2) is 60.3 Å². The van der Waals surface area contributed by atoms with Crippen molar-refractivity contribution in [2.75, 3.05) is 19.6 Å². The van der Waals surface area contributed by atoms with Crippen molar-refractivity contribution >= 4 is 21.9 Å². The van der Waals surface area contributed by atoms with Crippen LogP contribution in [0.25, 0.3) is 0 Å². The second kappa shape index (κ2) is 7.82. The summed E-state index contributed by atoms with van der Waals surface area (Å²) >= 11 is 0. The molecule has 1 N–H and O–H groups in total. The van der Waals surface area contributed by atoms with Gasteiger partial charge in [-0.1, -0.05) is 6.08 Å². The monoisotopic (exact) mass is 392 g/mol. The molecule has 1 heterocycles. The minimum Gasteiger partial charge on any atom is -0.478 e. The molecule has 1 saturated carbocycles. The summed E-state index contributed by atoms with van der Waals surface area (Å²) in [6.45, 7) is 4.82. The smallest absolute Gasteiger partial charge is 0.335 e. The lowest BCUT2D eigenvalue weighted by Crippen LogP contribution is -2.45. The number of carbonyl (C=O) groups is 2. The third-order valence-corrected chi connectivity index (χ3v) is 7.05. The molecule has 1 saturated heterocycles. The number of piperidine rings is 1. The number of sulfonamides is 1. The lowest BCUT2D eigenvalue weighted by Gasteiger charge is -2.33. The molecule has 1 aliphatic heterocycles. The SMILES string of the molecule is C=CCN(C(=O)C1CCN(S(=O)(=O)c2ccc(C(=O)O)cc2)CC1)C1CC1. The van der Waals surface area contributed by atoms with Crippen molar-refractivity contribution < 1.29 is 23.1 Å². The van der Waals surface area contributed by atoms with Gasteiger partial charge in [0.1, 0.15) is 0 Å². The summed E-state index contributed by atoms with van der Waals surface area (Å²) in [5.74, 6) is -1.16. The lowest BCUT2D eigenvalue weighted by atomic mass is 9.96. The van der Waals surface area contributed by atoms with Gasteiger partial charge in [-0.2, -0.15) is 4.31 Å². The van der Waals surface area contributed by atoms with E-state index in [1.165, 1.54) is 28.6 Å². The molecule has 1 amide bonds. The quantitative estimate of drug-likeness (QED) is 0.716. The Morgan fingerprint density at radius 2 is 1.74 bits per heavy atom. The molecule has 0 bridgehead atoms. The van der Waals surface area contributed by atoms with Gasteiger partial charge in [0, 0.05) is 31.6 Å². The van der Waals surface area contributed by atoms with Crippen LogP contribution in [0.5, 0.6) is 0 Å². The topological polar surface area (TPSA) is 95.0 Å². The Balaban J connectivity index is 1.64. The Bertz CT molecular complexity index is 822. The first-order valence-electron chi connectivity index (χ1n) is 9.09. The van der Waals surface area contributed by atoms with E-state index >= 15 is 0 Å². The maximum Gasteiger partial charge on any atom is 0.335 e. The summed E-state index contributed by atoms with van der Waals surface area (Å²) in [4.78, 5) is 25.6. The summed E-state index contributed by atoms with van der Waals surface area (Å²) < 4.78 is 26.9. The van der Waals surface area contributed by atoms with Gasteiger partial charge in [0.25, 0.3) is 0 Å². The molecule has 1 aromatic rings. The average molecular weight is 392 g/mol. The number of aromatic carboxylic acids is 1. The van der Waals surface area contributed by atoms with Crippen molar-refractivity contribution in [1.29, 1.82) is 0 Å². The van der Waals surface area contributed by atoms with Crippen LogP contribution in [0, 0.1) is 5.92 Å². The summed E-state index contributed by atoms with van der Waals surface area (Å²) in [6, 6.07) is 5.51. The minimum atomic E-state index is -3.69. The normalized spacial score (nSPS) is 18.8. The molecule has 8 heteroatoms. The predicted octanol–water partition coefficient (Wildman–Crippen LogP) is 1.96. The number of hydrogen-bond acceptors (Lipinski definition) is 4. The standard InChI is InChI=1S/C19H24N2O5S/c1-2-11-21(16-5-6-16)18(22)14-9-12-20(13-10-14)27(25,26)17-7-3-15(4-8-17)19(23)24/h2-4,7-8,14,16H,1,5-6,9-13H2,(H,23,24). The van der Waals surface area contributed by atoms with E-state index in [9.17, 15) is 18.0 Å². The molecule has 0 spiro atoms. The van der Waals surface area contributed by atoms with Gasteiger partial charge in [-0.05, 0) is 49.9 Å². The molecule has 0 radical (unpaired) electrons. The highest BCUT2D eigenvalue weighted by Crippen LogP contribution is 2.31. The van der Waals surface area contributed by atoms with Crippen LogP contribution in [0.4, 0.5) is 0 Å². The second-order valence-corrected chi connectivity index (χ2v) is 8.96. The molecule has 3 rings (SSSR count). The van der Waals surface area contributed by atoms with Crippen molar-refractivity contribution in [2.45, 2.75) is 36.6 Å². The number of benzene rings is 1. The second-order valence-electron chi connectivity index (χ2n) is 7.02. The zero-order chi connectivity index (χ0) is 19.6. The van der Waals surface area contributed by atoms with Gasteiger partial charge in [-0.25, -0.2) is 13.2 Å².